The topological polar surface area (TPSA) is 41.6 Å². The van der Waals surface area contributed by atoms with E-state index in [9.17, 15) is 4.79 Å². The lowest BCUT2D eigenvalue weighted by atomic mass is 10.0. The fourth-order valence-corrected chi connectivity index (χ4v) is 2.06. The second-order valence-electron chi connectivity index (χ2n) is 5.99. The Balaban J connectivity index is 2.44. The van der Waals surface area contributed by atoms with Crippen LogP contribution in [0.3, 0.4) is 0 Å². The quantitative estimate of drug-likeness (QED) is 0.749. The van der Waals surface area contributed by atoms with Crippen LogP contribution < -0.4 is 10.1 Å². The van der Waals surface area contributed by atoms with E-state index >= 15 is 0 Å². The molecule has 4 nitrogen and oxygen atoms in total. The molecule has 0 saturated heterocycles. The van der Waals surface area contributed by atoms with Gasteiger partial charge in [0.2, 0.25) is 0 Å². The fraction of sp³-hybridized carbons (Fsp3) is 0.588. The number of carbonyl (C=O) groups excluding carboxylic acids is 1. The van der Waals surface area contributed by atoms with E-state index in [-0.39, 0.29) is 12.5 Å². The Bertz CT molecular complexity index is 456. The number of carbonyl (C=O) groups is 1. The molecular formula is C17H28N2O2. The predicted octanol–water partition coefficient (Wildman–Crippen LogP) is 2.57. The molecule has 0 unspecified atom stereocenters. The number of nitrogens with zero attached hydrogens (tertiary/aromatic N) is 1. The maximum Gasteiger partial charge on any atom is 0.257 e. The molecule has 118 valence electrons. The van der Waals surface area contributed by atoms with Crippen LogP contribution in [0.25, 0.3) is 0 Å². The van der Waals surface area contributed by atoms with Crippen molar-refractivity contribution >= 4 is 5.91 Å². The Hall–Kier alpha value is -1.55. The van der Waals surface area contributed by atoms with Crippen LogP contribution in [0.4, 0.5) is 0 Å². The summed E-state index contributed by atoms with van der Waals surface area (Å²) in [5, 5.41) is 2.88. The number of nitrogens with one attached hydrogen (secondary N) is 1. The molecule has 0 radical (unpaired) electrons. The van der Waals surface area contributed by atoms with Crippen molar-refractivity contribution in [2.24, 2.45) is 0 Å². The number of ether oxygens (including phenoxy) is 1. The Kier molecular flexibility index (Phi) is 7.23. The molecule has 0 aromatic heterocycles. The van der Waals surface area contributed by atoms with Crippen molar-refractivity contribution in [3.8, 4) is 5.75 Å². The van der Waals surface area contributed by atoms with Crippen molar-refractivity contribution in [3.63, 3.8) is 0 Å². The van der Waals surface area contributed by atoms with Crippen LogP contribution in [0.15, 0.2) is 18.2 Å². The van der Waals surface area contributed by atoms with E-state index in [0.29, 0.717) is 12.5 Å². The Morgan fingerprint density at radius 3 is 2.67 bits per heavy atom. The summed E-state index contributed by atoms with van der Waals surface area (Å²) in [6, 6.07) is 6.14. The third-order valence-corrected chi connectivity index (χ3v) is 3.25. The molecular weight excluding hydrogens is 264 g/mol. The molecule has 0 aliphatic heterocycles. The minimum Gasteiger partial charge on any atom is -0.483 e. The van der Waals surface area contributed by atoms with Gasteiger partial charge < -0.3 is 15.0 Å². The van der Waals surface area contributed by atoms with Gasteiger partial charge in [0.25, 0.3) is 5.91 Å². The molecule has 0 aliphatic carbocycles. The third-order valence-electron chi connectivity index (χ3n) is 3.25. The van der Waals surface area contributed by atoms with Crippen LogP contribution in [0.2, 0.25) is 0 Å². The normalized spacial score (nSPS) is 11.0. The summed E-state index contributed by atoms with van der Waals surface area (Å²) in [4.78, 5) is 13.9. The smallest absolute Gasteiger partial charge is 0.257 e. The second-order valence-corrected chi connectivity index (χ2v) is 5.99. The lowest BCUT2D eigenvalue weighted by molar-refractivity contribution is -0.123. The summed E-state index contributed by atoms with van der Waals surface area (Å²) in [7, 11) is 4.05. The fourth-order valence-electron chi connectivity index (χ4n) is 2.06. The van der Waals surface area contributed by atoms with Gasteiger partial charge in [-0.05, 0) is 57.1 Å². The molecule has 0 bridgehead atoms. The van der Waals surface area contributed by atoms with Gasteiger partial charge in [-0.3, -0.25) is 4.79 Å². The van der Waals surface area contributed by atoms with E-state index in [0.717, 1.165) is 29.8 Å². The summed E-state index contributed by atoms with van der Waals surface area (Å²) in [5.41, 5.74) is 2.28. The molecule has 0 atom stereocenters. The van der Waals surface area contributed by atoms with Crippen molar-refractivity contribution in [2.75, 3.05) is 33.8 Å². The highest BCUT2D eigenvalue weighted by atomic mass is 16.5. The summed E-state index contributed by atoms with van der Waals surface area (Å²) in [5.74, 6) is 1.13. The van der Waals surface area contributed by atoms with Crippen molar-refractivity contribution in [3.05, 3.63) is 29.3 Å². The van der Waals surface area contributed by atoms with E-state index in [1.54, 1.807) is 0 Å². The first kappa shape index (κ1) is 17.5. The molecule has 0 heterocycles. The second kappa shape index (κ2) is 8.67. The first-order chi connectivity index (χ1) is 9.90. The molecule has 1 amide bonds. The number of hydrogen-bond acceptors (Lipinski definition) is 3. The standard InChI is InChI=1S/C17H28N2O2/c1-13(2)15-8-7-14(3)11-16(15)21-12-17(20)18-9-6-10-19(4)5/h7-8,11,13H,6,9-10,12H2,1-5H3,(H,18,20). The SMILES string of the molecule is Cc1ccc(C(C)C)c(OCC(=O)NCCCN(C)C)c1. The zero-order chi connectivity index (χ0) is 15.8. The first-order valence-electron chi connectivity index (χ1n) is 7.55. The largest absolute Gasteiger partial charge is 0.483 e. The average molecular weight is 292 g/mol. The van der Waals surface area contributed by atoms with Gasteiger partial charge in [-0.1, -0.05) is 26.0 Å². The van der Waals surface area contributed by atoms with Crippen LogP contribution in [0.5, 0.6) is 5.75 Å². The van der Waals surface area contributed by atoms with Crippen LogP contribution in [0, 0.1) is 6.92 Å². The summed E-state index contributed by atoms with van der Waals surface area (Å²) < 4.78 is 5.70. The number of rotatable bonds is 8. The molecule has 0 aliphatic rings. The molecule has 1 aromatic carbocycles. The van der Waals surface area contributed by atoms with Gasteiger partial charge >= 0.3 is 0 Å². The molecule has 4 heteroatoms. The van der Waals surface area contributed by atoms with Gasteiger partial charge in [-0.2, -0.15) is 0 Å². The summed E-state index contributed by atoms with van der Waals surface area (Å²) in [6.07, 6.45) is 0.945. The van der Waals surface area contributed by atoms with Gasteiger partial charge in [0.05, 0.1) is 0 Å². The van der Waals surface area contributed by atoms with Crippen LogP contribution in [-0.4, -0.2) is 44.6 Å². The maximum absolute atomic E-state index is 11.8. The van der Waals surface area contributed by atoms with Gasteiger partial charge in [0.15, 0.2) is 6.61 Å². The van der Waals surface area contributed by atoms with E-state index in [1.807, 2.05) is 27.1 Å². The highest BCUT2D eigenvalue weighted by Crippen LogP contribution is 2.27. The summed E-state index contributed by atoms with van der Waals surface area (Å²) in [6.45, 7) is 8.00. The van der Waals surface area contributed by atoms with Crippen LogP contribution >= 0.6 is 0 Å². The van der Waals surface area contributed by atoms with E-state index in [2.05, 4.69) is 36.2 Å². The number of amides is 1. The lowest BCUT2D eigenvalue weighted by Gasteiger charge is -2.15. The van der Waals surface area contributed by atoms with Crippen LogP contribution in [-0.2, 0) is 4.79 Å². The number of benzene rings is 1. The highest BCUT2D eigenvalue weighted by molar-refractivity contribution is 5.77. The molecule has 0 saturated carbocycles. The molecule has 1 rings (SSSR count). The monoisotopic (exact) mass is 292 g/mol. The van der Waals surface area contributed by atoms with E-state index < -0.39 is 0 Å². The Labute approximate surface area is 128 Å². The van der Waals surface area contributed by atoms with Gasteiger partial charge in [0, 0.05) is 6.54 Å². The molecule has 0 spiro atoms. The van der Waals surface area contributed by atoms with Gasteiger partial charge in [-0.15, -0.1) is 0 Å². The lowest BCUT2D eigenvalue weighted by Crippen LogP contribution is -2.31. The van der Waals surface area contributed by atoms with Gasteiger partial charge in [-0.25, -0.2) is 0 Å². The van der Waals surface area contributed by atoms with Crippen molar-refractivity contribution in [2.45, 2.75) is 33.1 Å². The average Bonchev–Trinajstić information content (AvgIpc) is 2.40. The molecule has 0 fully saturated rings. The molecule has 1 N–H and O–H groups in total. The van der Waals surface area contributed by atoms with E-state index in [4.69, 9.17) is 4.74 Å². The summed E-state index contributed by atoms with van der Waals surface area (Å²) >= 11 is 0. The highest BCUT2D eigenvalue weighted by Gasteiger charge is 2.10. The van der Waals surface area contributed by atoms with Gasteiger partial charge in [0.1, 0.15) is 5.75 Å². The minimum absolute atomic E-state index is 0.0648. The van der Waals surface area contributed by atoms with Crippen molar-refractivity contribution < 1.29 is 9.53 Å². The number of aryl methyl sites for hydroxylation is 1. The Morgan fingerprint density at radius 2 is 2.05 bits per heavy atom. The maximum atomic E-state index is 11.8. The van der Waals surface area contributed by atoms with Crippen LogP contribution in [0.1, 0.15) is 37.3 Å². The zero-order valence-corrected chi connectivity index (χ0v) is 13.9. The third kappa shape index (κ3) is 6.63. The van der Waals surface area contributed by atoms with Crippen molar-refractivity contribution in [1.82, 2.24) is 10.2 Å². The molecule has 1 aromatic rings. The Morgan fingerprint density at radius 1 is 1.33 bits per heavy atom. The minimum atomic E-state index is -0.0648. The zero-order valence-electron chi connectivity index (χ0n) is 13.9. The number of hydrogen-bond donors (Lipinski definition) is 1. The van der Waals surface area contributed by atoms with Crippen molar-refractivity contribution in [1.29, 1.82) is 0 Å². The molecule has 21 heavy (non-hydrogen) atoms. The first-order valence-corrected chi connectivity index (χ1v) is 7.55. The van der Waals surface area contributed by atoms with E-state index in [1.165, 1.54) is 0 Å². The predicted molar refractivity (Wildman–Crippen MR) is 86.9 cm³/mol.